The minimum Gasteiger partial charge on any atom is -0.390 e. The monoisotopic (exact) mass is 317 g/mol. The van der Waals surface area contributed by atoms with Gasteiger partial charge in [0.2, 0.25) is 0 Å². The Balaban J connectivity index is 2.23. The lowest BCUT2D eigenvalue weighted by molar-refractivity contribution is 0.268. The van der Waals surface area contributed by atoms with E-state index in [9.17, 15) is 17.9 Å². The molecule has 0 amide bonds. The Morgan fingerprint density at radius 1 is 1.40 bits per heavy atom. The van der Waals surface area contributed by atoms with E-state index in [0.717, 1.165) is 0 Å². The van der Waals surface area contributed by atoms with Crippen molar-refractivity contribution in [1.29, 1.82) is 0 Å². The highest BCUT2D eigenvalue weighted by Gasteiger charge is 2.31. The van der Waals surface area contributed by atoms with Crippen molar-refractivity contribution >= 4 is 32.3 Å². The molecule has 0 spiro atoms. The van der Waals surface area contributed by atoms with Gasteiger partial charge in [0.05, 0.1) is 23.6 Å². The van der Waals surface area contributed by atoms with Gasteiger partial charge >= 0.3 is 0 Å². The first kappa shape index (κ1) is 13.9. The fraction of sp³-hybridized carbons (Fsp3) is 0.385. The van der Waals surface area contributed by atoms with E-state index < -0.39 is 15.7 Å². The van der Waals surface area contributed by atoms with Crippen molar-refractivity contribution in [3.05, 3.63) is 34.7 Å². The highest BCUT2D eigenvalue weighted by Crippen LogP contribution is 2.33. The number of aliphatic hydroxyl groups is 1. The lowest BCUT2D eigenvalue weighted by Gasteiger charge is -2.16. The van der Waals surface area contributed by atoms with Crippen LogP contribution in [0.4, 0.5) is 4.39 Å². The Bertz CT molecular complexity index is 785. The van der Waals surface area contributed by atoms with Crippen molar-refractivity contribution in [2.45, 2.75) is 19.1 Å². The number of benzene rings is 1. The maximum Gasteiger partial charge on any atom is 0.152 e. The maximum absolute atomic E-state index is 14.2. The summed E-state index contributed by atoms with van der Waals surface area (Å²) in [5.41, 5.74) is 0.809. The topological polar surface area (TPSA) is 59.3 Å². The van der Waals surface area contributed by atoms with Crippen molar-refractivity contribution in [2.75, 3.05) is 11.5 Å². The zero-order chi connectivity index (χ0) is 14.5. The van der Waals surface area contributed by atoms with Gasteiger partial charge in [-0.1, -0.05) is 11.6 Å². The summed E-state index contributed by atoms with van der Waals surface area (Å²) < 4.78 is 39.0. The third-order valence-corrected chi connectivity index (χ3v) is 5.63. The molecule has 1 aromatic carbocycles. The van der Waals surface area contributed by atoms with E-state index in [4.69, 9.17) is 11.6 Å². The number of hydrogen-bond acceptors (Lipinski definition) is 3. The molecule has 1 aliphatic heterocycles. The van der Waals surface area contributed by atoms with Crippen LogP contribution in [0.1, 0.15) is 18.2 Å². The molecule has 1 fully saturated rings. The first-order valence-corrected chi connectivity index (χ1v) is 8.41. The minimum absolute atomic E-state index is 0.0220. The summed E-state index contributed by atoms with van der Waals surface area (Å²) >= 11 is 5.83. The van der Waals surface area contributed by atoms with Crippen molar-refractivity contribution in [3.63, 3.8) is 0 Å². The van der Waals surface area contributed by atoms with Crippen LogP contribution in [0.5, 0.6) is 0 Å². The zero-order valence-corrected chi connectivity index (χ0v) is 12.1. The van der Waals surface area contributed by atoms with Gasteiger partial charge in [-0.25, -0.2) is 12.8 Å². The first-order chi connectivity index (χ1) is 9.41. The Morgan fingerprint density at radius 3 is 2.75 bits per heavy atom. The van der Waals surface area contributed by atoms with E-state index in [0.29, 0.717) is 23.0 Å². The molecule has 0 aliphatic carbocycles. The molecule has 0 bridgehead atoms. The average Bonchev–Trinajstić information content (AvgIpc) is 2.88. The van der Waals surface area contributed by atoms with Crippen molar-refractivity contribution in [2.24, 2.45) is 0 Å². The third-order valence-electron chi connectivity index (χ3n) is 3.67. The summed E-state index contributed by atoms with van der Waals surface area (Å²) in [6, 6.07) is 4.12. The van der Waals surface area contributed by atoms with Gasteiger partial charge in [0.1, 0.15) is 5.82 Å². The van der Waals surface area contributed by atoms with Gasteiger partial charge in [-0.15, -0.1) is 0 Å². The molecule has 4 nitrogen and oxygen atoms in total. The van der Waals surface area contributed by atoms with Crippen LogP contribution in [0.25, 0.3) is 10.9 Å². The summed E-state index contributed by atoms with van der Waals surface area (Å²) in [5.74, 6) is -0.431. The van der Waals surface area contributed by atoms with E-state index in [1.165, 1.54) is 6.07 Å². The summed E-state index contributed by atoms with van der Waals surface area (Å²) in [6.07, 6.45) is 0.432. The number of halogens is 2. The molecule has 7 heteroatoms. The number of hydrogen-bond donors (Lipinski definition) is 1. The molecule has 3 rings (SSSR count). The van der Waals surface area contributed by atoms with Crippen LogP contribution >= 0.6 is 11.6 Å². The molecule has 1 aromatic heterocycles. The molecule has 0 saturated carbocycles. The normalized spacial score (nSPS) is 21.6. The molecule has 1 atom stereocenters. The van der Waals surface area contributed by atoms with Crippen LogP contribution in [0, 0.1) is 5.82 Å². The van der Waals surface area contributed by atoms with Crippen LogP contribution in [-0.2, 0) is 16.4 Å². The smallest absolute Gasteiger partial charge is 0.152 e. The van der Waals surface area contributed by atoms with E-state index in [1.807, 2.05) is 0 Å². The van der Waals surface area contributed by atoms with E-state index >= 15 is 0 Å². The zero-order valence-electron chi connectivity index (χ0n) is 10.5. The number of fused-ring (bicyclic) bond motifs is 1. The first-order valence-electron chi connectivity index (χ1n) is 6.21. The molecule has 1 N–H and O–H groups in total. The fourth-order valence-electron chi connectivity index (χ4n) is 2.86. The summed E-state index contributed by atoms with van der Waals surface area (Å²) in [5, 5.41) is 10.3. The summed E-state index contributed by atoms with van der Waals surface area (Å²) in [6.45, 7) is -0.276. The van der Waals surface area contributed by atoms with E-state index in [1.54, 1.807) is 16.7 Å². The van der Waals surface area contributed by atoms with Crippen LogP contribution in [0.2, 0.25) is 5.02 Å². The van der Waals surface area contributed by atoms with Crippen molar-refractivity contribution in [1.82, 2.24) is 4.57 Å². The Kier molecular flexibility index (Phi) is 3.27. The molecule has 108 valence electrons. The second-order valence-electron chi connectivity index (χ2n) is 5.05. The fourth-order valence-corrected chi connectivity index (χ4v) is 4.77. The van der Waals surface area contributed by atoms with Gasteiger partial charge in [0.15, 0.2) is 9.84 Å². The number of nitrogens with zero attached hydrogens (tertiary/aromatic N) is 1. The lowest BCUT2D eigenvalue weighted by Crippen LogP contribution is -2.14. The number of aromatic nitrogens is 1. The Morgan fingerprint density at radius 2 is 2.15 bits per heavy atom. The van der Waals surface area contributed by atoms with Gasteiger partial charge in [0, 0.05) is 22.1 Å². The highest BCUT2D eigenvalue weighted by molar-refractivity contribution is 7.91. The molecule has 2 heterocycles. The predicted octanol–water partition coefficient (Wildman–Crippen LogP) is 2.29. The largest absolute Gasteiger partial charge is 0.390 e. The molecule has 2 aromatic rings. The second-order valence-corrected chi connectivity index (χ2v) is 7.71. The molecular weight excluding hydrogens is 305 g/mol. The van der Waals surface area contributed by atoms with Crippen molar-refractivity contribution in [3.8, 4) is 0 Å². The Hall–Kier alpha value is -1.11. The van der Waals surface area contributed by atoms with Crippen molar-refractivity contribution < 1.29 is 17.9 Å². The Labute approximate surface area is 120 Å². The third kappa shape index (κ3) is 2.21. The second kappa shape index (κ2) is 4.72. The summed E-state index contributed by atoms with van der Waals surface area (Å²) in [7, 11) is -3.09. The molecule has 1 aliphatic rings. The summed E-state index contributed by atoms with van der Waals surface area (Å²) in [4.78, 5) is 0. The predicted molar refractivity (Wildman–Crippen MR) is 75.1 cm³/mol. The molecule has 1 unspecified atom stereocenters. The quantitative estimate of drug-likeness (QED) is 0.924. The minimum atomic E-state index is -3.09. The maximum atomic E-state index is 14.2. The molecule has 0 radical (unpaired) electrons. The average molecular weight is 318 g/mol. The molecule has 20 heavy (non-hydrogen) atoms. The van der Waals surface area contributed by atoms with Gasteiger partial charge in [-0.05, 0) is 24.6 Å². The van der Waals surface area contributed by atoms with E-state index in [-0.39, 0.29) is 29.2 Å². The van der Waals surface area contributed by atoms with Gasteiger partial charge in [-0.2, -0.15) is 0 Å². The number of sulfone groups is 1. The molecule has 1 saturated heterocycles. The van der Waals surface area contributed by atoms with Gasteiger partial charge in [0.25, 0.3) is 0 Å². The number of rotatable bonds is 2. The van der Waals surface area contributed by atoms with E-state index in [2.05, 4.69) is 0 Å². The van der Waals surface area contributed by atoms with Crippen LogP contribution in [0.15, 0.2) is 18.2 Å². The molecular formula is C13H13ClFNO3S. The SMILES string of the molecule is O=S1(=O)CCC(n2c(CO)cc3cc(Cl)cc(F)c32)C1. The van der Waals surface area contributed by atoms with Crippen LogP contribution < -0.4 is 0 Å². The highest BCUT2D eigenvalue weighted by atomic mass is 35.5. The lowest BCUT2D eigenvalue weighted by atomic mass is 10.2. The van der Waals surface area contributed by atoms with Crippen LogP contribution in [-0.4, -0.2) is 29.6 Å². The standard InChI is InChI=1S/C13H13ClFNO3S/c14-9-3-8-4-11(6-17)16(13(8)12(15)5-9)10-1-2-20(18,19)7-10/h3-5,10,17H,1-2,6-7H2. The number of aliphatic hydroxyl groups excluding tert-OH is 1. The van der Waals surface area contributed by atoms with Gasteiger partial charge < -0.3 is 9.67 Å². The van der Waals surface area contributed by atoms with Crippen LogP contribution in [0.3, 0.4) is 0 Å². The van der Waals surface area contributed by atoms with Gasteiger partial charge in [-0.3, -0.25) is 0 Å².